The van der Waals surface area contributed by atoms with Crippen molar-refractivity contribution in [3.8, 4) is 11.1 Å². The normalized spacial score (nSPS) is 16.9. The Morgan fingerprint density at radius 3 is 2.16 bits per heavy atom. The summed E-state index contributed by atoms with van der Waals surface area (Å²) in [6.07, 6.45) is -0.549. The van der Waals surface area contributed by atoms with E-state index in [1.165, 1.54) is 6.92 Å². The van der Waals surface area contributed by atoms with Gasteiger partial charge in [0.15, 0.2) is 0 Å². The van der Waals surface area contributed by atoms with Crippen LogP contribution >= 0.6 is 0 Å². The fraction of sp³-hybridized carbons (Fsp3) is 0.267. The van der Waals surface area contributed by atoms with Crippen molar-refractivity contribution in [1.82, 2.24) is 10.2 Å². The van der Waals surface area contributed by atoms with Crippen LogP contribution in [0.2, 0.25) is 0 Å². The van der Waals surface area contributed by atoms with Gasteiger partial charge in [0, 0.05) is 12.3 Å². The number of carbonyl (C=O) groups is 4. The number of alkyl carbamates (subject to hydrolysis) is 1. The Morgan fingerprint density at radius 2 is 1.50 bits per heavy atom. The number of benzene rings is 3. The Hall–Kier alpha value is -4.46. The third kappa shape index (κ3) is 5.02. The molecule has 2 aliphatic rings. The van der Waals surface area contributed by atoms with E-state index in [2.05, 4.69) is 5.32 Å². The molecule has 0 radical (unpaired) electrons. The van der Waals surface area contributed by atoms with E-state index in [4.69, 9.17) is 9.47 Å². The zero-order chi connectivity index (χ0) is 26.6. The summed E-state index contributed by atoms with van der Waals surface area (Å²) in [6, 6.07) is 23.0. The van der Waals surface area contributed by atoms with Crippen molar-refractivity contribution < 1.29 is 28.7 Å². The number of rotatable bonds is 7. The van der Waals surface area contributed by atoms with Crippen molar-refractivity contribution in [1.29, 1.82) is 0 Å². The molecule has 1 saturated heterocycles. The largest absolute Gasteiger partial charge is 0.459 e. The smallest absolute Gasteiger partial charge is 0.407 e. The van der Waals surface area contributed by atoms with Gasteiger partial charge in [-0.2, -0.15) is 0 Å². The second kappa shape index (κ2) is 10.9. The maximum Gasteiger partial charge on any atom is 0.407 e. The second-order valence-electron chi connectivity index (χ2n) is 9.44. The summed E-state index contributed by atoms with van der Waals surface area (Å²) in [4.78, 5) is 51.8. The molecule has 0 bridgehead atoms. The molecule has 0 saturated carbocycles. The van der Waals surface area contributed by atoms with Crippen molar-refractivity contribution in [2.24, 2.45) is 0 Å². The first-order chi connectivity index (χ1) is 18.4. The molecular weight excluding hydrogens is 484 g/mol. The Balaban J connectivity index is 1.18. The van der Waals surface area contributed by atoms with Gasteiger partial charge in [0.2, 0.25) is 5.91 Å². The number of carbonyl (C=O) groups excluding carboxylic acids is 4. The number of nitrogens with zero attached hydrogens (tertiary/aromatic N) is 1. The summed E-state index contributed by atoms with van der Waals surface area (Å²) in [6.45, 7) is 1.60. The Bertz CT molecular complexity index is 1330. The van der Waals surface area contributed by atoms with Crippen LogP contribution in [0.3, 0.4) is 0 Å². The van der Waals surface area contributed by atoms with Crippen LogP contribution in [0.4, 0.5) is 4.79 Å². The van der Waals surface area contributed by atoms with Crippen LogP contribution in [0.5, 0.6) is 0 Å². The summed E-state index contributed by atoms with van der Waals surface area (Å²) < 4.78 is 10.9. The van der Waals surface area contributed by atoms with Gasteiger partial charge in [-0.15, -0.1) is 0 Å². The number of likely N-dealkylation sites (tertiary alicyclic amines) is 1. The van der Waals surface area contributed by atoms with Crippen molar-refractivity contribution in [3.05, 3.63) is 95.6 Å². The first-order valence-corrected chi connectivity index (χ1v) is 12.6. The molecule has 1 aliphatic carbocycles. The highest BCUT2D eigenvalue weighted by atomic mass is 16.5. The van der Waals surface area contributed by atoms with Crippen molar-refractivity contribution in [2.45, 2.75) is 44.4 Å². The van der Waals surface area contributed by atoms with E-state index >= 15 is 0 Å². The lowest BCUT2D eigenvalue weighted by molar-refractivity contribution is -0.159. The number of fused-ring (bicyclic) bond motifs is 3. The van der Waals surface area contributed by atoms with Crippen LogP contribution in [-0.4, -0.2) is 47.5 Å². The van der Waals surface area contributed by atoms with E-state index < -0.39 is 36.0 Å². The van der Waals surface area contributed by atoms with E-state index in [-0.39, 0.29) is 32.0 Å². The predicted molar refractivity (Wildman–Crippen MR) is 139 cm³/mol. The van der Waals surface area contributed by atoms with Crippen molar-refractivity contribution in [2.75, 3.05) is 6.61 Å². The van der Waals surface area contributed by atoms with E-state index in [9.17, 15) is 19.2 Å². The van der Waals surface area contributed by atoms with Crippen molar-refractivity contribution >= 4 is 23.9 Å². The van der Waals surface area contributed by atoms with Gasteiger partial charge < -0.3 is 14.8 Å². The van der Waals surface area contributed by atoms with Gasteiger partial charge in [0.25, 0.3) is 5.91 Å². The van der Waals surface area contributed by atoms with Gasteiger partial charge in [-0.05, 0) is 41.2 Å². The topological polar surface area (TPSA) is 102 Å². The van der Waals surface area contributed by atoms with Crippen LogP contribution in [0.1, 0.15) is 42.4 Å². The molecule has 0 unspecified atom stereocenters. The lowest BCUT2D eigenvalue weighted by Gasteiger charge is -2.25. The average Bonchev–Trinajstić information content (AvgIpc) is 3.48. The molecule has 1 aliphatic heterocycles. The molecule has 8 heteroatoms. The first-order valence-electron chi connectivity index (χ1n) is 12.6. The summed E-state index contributed by atoms with van der Waals surface area (Å²) in [5.74, 6) is -1.93. The van der Waals surface area contributed by atoms with Crippen LogP contribution < -0.4 is 5.32 Å². The average molecular weight is 513 g/mol. The summed E-state index contributed by atoms with van der Waals surface area (Å²) in [5.41, 5.74) is 5.17. The molecule has 8 nitrogen and oxygen atoms in total. The Kier molecular flexibility index (Phi) is 7.22. The predicted octanol–water partition coefficient (Wildman–Crippen LogP) is 4.17. The number of imide groups is 1. The highest BCUT2D eigenvalue weighted by Gasteiger charge is 2.43. The molecule has 1 fully saturated rings. The summed E-state index contributed by atoms with van der Waals surface area (Å²) >= 11 is 0. The fourth-order valence-corrected chi connectivity index (χ4v) is 5.10. The lowest BCUT2D eigenvalue weighted by atomic mass is 9.98. The zero-order valence-electron chi connectivity index (χ0n) is 21.0. The van der Waals surface area contributed by atoms with Gasteiger partial charge in [-0.25, -0.2) is 9.59 Å². The number of ether oxygens (including phenoxy) is 2. The number of amides is 3. The van der Waals surface area contributed by atoms with Gasteiger partial charge in [0.1, 0.15) is 25.3 Å². The number of hydrogen-bond acceptors (Lipinski definition) is 6. The Labute approximate surface area is 220 Å². The minimum atomic E-state index is -1.07. The van der Waals surface area contributed by atoms with Crippen LogP contribution in [0, 0.1) is 0 Å². The van der Waals surface area contributed by atoms with Gasteiger partial charge >= 0.3 is 12.1 Å². The molecular formula is C30H28N2O6. The highest BCUT2D eigenvalue weighted by molar-refractivity contribution is 6.04. The second-order valence-corrected chi connectivity index (χ2v) is 9.44. The maximum absolute atomic E-state index is 13.1. The van der Waals surface area contributed by atoms with E-state index in [1.807, 2.05) is 78.9 Å². The fourth-order valence-electron chi connectivity index (χ4n) is 5.10. The molecule has 1 N–H and O–H groups in total. The minimum absolute atomic E-state index is 0.0416. The maximum atomic E-state index is 13.1. The van der Waals surface area contributed by atoms with Crippen LogP contribution in [-0.2, 0) is 30.5 Å². The SMILES string of the molecule is C[C@H](NC(=O)OCC1c2ccccc2-c2ccccc21)C(=O)N1C(=O)CC[C@H]1C(=O)OCc1ccccc1. The quantitative estimate of drug-likeness (QED) is 0.477. The standard InChI is InChI=1S/C30H28N2O6/c1-19(28(34)32-26(15-16-27(32)33)29(35)37-17-20-9-3-2-4-10-20)31-30(36)38-18-25-23-13-7-5-11-21(23)22-12-6-8-14-24(22)25/h2-14,19,25-26H,15-18H2,1H3,(H,31,36)/t19-,26-/m0/s1. The number of hydrogen-bond donors (Lipinski definition) is 1. The molecule has 194 valence electrons. The minimum Gasteiger partial charge on any atom is -0.459 e. The van der Waals surface area contributed by atoms with Gasteiger partial charge in [-0.1, -0.05) is 78.9 Å². The summed E-state index contributed by atoms with van der Waals surface area (Å²) in [5, 5.41) is 2.51. The zero-order valence-corrected chi connectivity index (χ0v) is 21.0. The molecule has 3 amide bonds. The van der Waals surface area contributed by atoms with E-state index in [1.54, 1.807) is 0 Å². The lowest BCUT2D eigenvalue weighted by Crippen LogP contribution is -2.52. The first kappa shape index (κ1) is 25.2. The third-order valence-corrected chi connectivity index (χ3v) is 6.99. The molecule has 3 aromatic rings. The van der Waals surface area contributed by atoms with Crippen LogP contribution in [0.25, 0.3) is 11.1 Å². The highest BCUT2D eigenvalue weighted by Crippen LogP contribution is 2.44. The van der Waals surface area contributed by atoms with Gasteiger partial charge in [-0.3, -0.25) is 14.5 Å². The molecule has 38 heavy (non-hydrogen) atoms. The molecule has 3 aromatic carbocycles. The van der Waals surface area contributed by atoms with Gasteiger partial charge in [0.05, 0.1) is 0 Å². The summed E-state index contributed by atoms with van der Waals surface area (Å²) in [7, 11) is 0. The third-order valence-electron chi connectivity index (χ3n) is 6.99. The Morgan fingerprint density at radius 1 is 0.895 bits per heavy atom. The molecule has 5 rings (SSSR count). The number of nitrogens with one attached hydrogen (secondary N) is 1. The molecule has 0 spiro atoms. The number of esters is 1. The molecule has 1 heterocycles. The van der Waals surface area contributed by atoms with Crippen LogP contribution in [0.15, 0.2) is 78.9 Å². The molecule has 0 aromatic heterocycles. The van der Waals surface area contributed by atoms with Crippen molar-refractivity contribution in [3.63, 3.8) is 0 Å². The molecule has 2 atom stereocenters. The van der Waals surface area contributed by atoms with E-state index in [0.29, 0.717) is 0 Å². The monoisotopic (exact) mass is 512 g/mol. The van der Waals surface area contributed by atoms with E-state index in [0.717, 1.165) is 32.7 Å².